The van der Waals surface area contributed by atoms with Gasteiger partial charge in [0, 0.05) is 7.05 Å². The third-order valence-electron chi connectivity index (χ3n) is 3.76. The number of rotatable bonds is 5. The summed E-state index contributed by atoms with van der Waals surface area (Å²) in [5, 5.41) is 7.88. The molecule has 0 spiro atoms. The van der Waals surface area contributed by atoms with E-state index < -0.39 is 29.5 Å². The van der Waals surface area contributed by atoms with Crippen LogP contribution in [0.1, 0.15) is 23.3 Å². The fourth-order valence-corrected chi connectivity index (χ4v) is 2.32. The van der Waals surface area contributed by atoms with Crippen LogP contribution in [0, 0.1) is 24.4 Å². The lowest BCUT2D eigenvalue weighted by molar-refractivity contribution is -0.147. The fourth-order valence-electron chi connectivity index (χ4n) is 2.32. The number of hydrogen-bond donors (Lipinski definition) is 0. The Morgan fingerprint density at radius 2 is 1.88 bits per heavy atom. The second kappa shape index (κ2) is 7.00. The third kappa shape index (κ3) is 3.40. The molecule has 0 N–H and O–H groups in total. The van der Waals surface area contributed by atoms with Gasteiger partial charge in [-0.1, -0.05) is 0 Å². The summed E-state index contributed by atoms with van der Waals surface area (Å²) >= 11 is 0. The lowest BCUT2D eigenvalue weighted by Crippen LogP contribution is -2.32. The minimum absolute atomic E-state index is 0.0559. The van der Waals surface area contributed by atoms with Crippen LogP contribution in [0.2, 0.25) is 0 Å². The first kappa shape index (κ1) is 17.9. The van der Waals surface area contributed by atoms with E-state index in [1.807, 2.05) is 0 Å². The number of ether oxygens (including phenoxy) is 1. The van der Waals surface area contributed by atoms with Crippen LogP contribution in [-0.4, -0.2) is 39.8 Å². The number of halogens is 3. The number of carbonyl (C=O) groups excluding carboxylic acids is 1. The van der Waals surface area contributed by atoms with Crippen molar-refractivity contribution in [2.24, 2.45) is 7.05 Å². The summed E-state index contributed by atoms with van der Waals surface area (Å²) in [5.74, 6) is -3.85. The van der Waals surface area contributed by atoms with Crippen molar-refractivity contribution < 1.29 is 22.7 Å². The van der Waals surface area contributed by atoms with Crippen LogP contribution in [-0.2, 0) is 23.1 Å². The largest absolute Gasteiger partial charge is 0.468 e. The van der Waals surface area contributed by atoms with Crippen molar-refractivity contribution in [1.29, 1.82) is 0 Å². The number of aromatic nitrogens is 3. The molecule has 0 fully saturated rings. The average Bonchev–Trinajstić information content (AvgIpc) is 2.84. The van der Waals surface area contributed by atoms with Crippen molar-refractivity contribution >= 4 is 5.97 Å². The minimum atomic E-state index is -1.59. The van der Waals surface area contributed by atoms with Crippen LogP contribution < -0.4 is 0 Å². The smallest absolute Gasteiger partial charge is 0.327 e. The third-order valence-corrected chi connectivity index (χ3v) is 3.76. The molecule has 0 saturated carbocycles. The maximum Gasteiger partial charge on any atom is 0.327 e. The van der Waals surface area contributed by atoms with Crippen molar-refractivity contribution in [3.05, 3.63) is 46.8 Å². The van der Waals surface area contributed by atoms with E-state index in [-0.39, 0.29) is 12.1 Å². The van der Waals surface area contributed by atoms with Crippen molar-refractivity contribution in [2.45, 2.75) is 19.5 Å². The Kier molecular flexibility index (Phi) is 5.23. The molecule has 0 saturated heterocycles. The van der Waals surface area contributed by atoms with Gasteiger partial charge in [0.2, 0.25) is 0 Å². The first-order valence-electron chi connectivity index (χ1n) is 7.03. The predicted molar refractivity (Wildman–Crippen MR) is 78.3 cm³/mol. The van der Waals surface area contributed by atoms with Crippen LogP contribution in [0.3, 0.4) is 0 Å². The van der Waals surface area contributed by atoms with E-state index in [2.05, 4.69) is 10.2 Å². The van der Waals surface area contributed by atoms with Gasteiger partial charge in [0.05, 0.1) is 13.7 Å². The first-order valence-corrected chi connectivity index (χ1v) is 7.03. The second-order valence-corrected chi connectivity index (χ2v) is 5.36. The van der Waals surface area contributed by atoms with Crippen LogP contribution in [0.25, 0.3) is 0 Å². The number of methoxy groups -OCH3 is 1. The number of benzene rings is 1. The molecular formula is C15H17F3N4O2. The van der Waals surface area contributed by atoms with Gasteiger partial charge >= 0.3 is 5.97 Å². The predicted octanol–water partition coefficient (Wildman–Crippen LogP) is 1.89. The number of likely N-dealkylation sites (N-methyl/N-ethyl adjacent to an activating group) is 1. The first-order chi connectivity index (χ1) is 11.3. The van der Waals surface area contributed by atoms with Gasteiger partial charge in [-0.05, 0) is 31.7 Å². The van der Waals surface area contributed by atoms with E-state index in [1.54, 1.807) is 25.6 Å². The molecule has 0 bridgehead atoms. The van der Waals surface area contributed by atoms with Gasteiger partial charge in [-0.3, -0.25) is 4.90 Å². The highest BCUT2D eigenvalue weighted by atomic mass is 19.2. The SMILES string of the molecule is COC(=O)[C@@H](c1cc(F)c(F)c(F)c1)N(C)Cc1nnc(C)n1C. The molecule has 0 radical (unpaired) electrons. The highest BCUT2D eigenvalue weighted by Gasteiger charge is 2.29. The van der Waals surface area contributed by atoms with E-state index in [0.717, 1.165) is 19.2 Å². The normalized spacial score (nSPS) is 12.5. The molecule has 6 nitrogen and oxygen atoms in total. The van der Waals surface area contributed by atoms with E-state index in [0.29, 0.717) is 11.6 Å². The van der Waals surface area contributed by atoms with Gasteiger partial charge in [-0.15, -0.1) is 10.2 Å². The van der Waals surface area contributed by atoms with E-state index in [1.165, 1.54) is 4.90 Å². The monoisotopic (exact) mass is 342 g/mol. The molecule has 9 heteroatoms. The Labute approximate surface area is 136 Å². The maximum atomic E-state index is 13.5. The van der Waals surface area contributed by atoms with Crippen molar-refractivity contribution in [3.8, 4) is 0 Å². The molecular weight excluding hydrogens is 325 g/mol. The lowest BCUT2D eigenvalue weighted by Gasteiger charge is -2.26. The molecule has 1 atom stereocenters. The molecule has 0 amide bonds. The molecule has 1 aromatic heterocycles. The van der Waals surface area contributed by atoms with Crippen molar-refractivity contribution in [3.63, 3.8) is 0 Å². The molecule has 0 unspecified atom stereocenters. The summed E-state index contributed by atoms with van der Waals surface area (Å²) in [6.07, 6.45) is 0. The summed E-state index contributed by atoms with van der Waals surface area (Å²) in [6, 6.07) is 0.424. The Morgan fingerprint density at radius 1 is 1.29 bits per heavy atom. The number of carbonyl (C=O) groups is 1. The summed E-state index contributed by atoms with van der Waals surface area (Å²) in [6.45, 7) is 1.93. The number of hydrogen-bond acceptors (Lipinski definition) is 5. The maximum absolute atomic E-state index is 13.5. The molecule has 0 aliphatic rings. The molecule has 0 aliphatic heterocycles. The Balaban J connectivity index is 2.38. The Morgan fingerprint density at radius 3 is 2.33 bits per heavy atom. The molecule has 24 heavy (non-hydrogen) atoms. The highest BCUT2D eigenvalue weighted by Crippen LogP contribution is 2.25. The Bertz CT molecular complexity index is 740. The van der Waals surface area contributed by atoms with Crippen LogP contribution in [0.15, 0.2) is 12.1 Å². The summed E-state index contributed by atoms with van der Waals surface area (Å²) in [7, 11) is 4.47. The number of esters is 1. The zero-order chi connectivity index (χ0) is 18.0. The molecule has 2 rings (SSSR count). The van der Waals surface area contributed by atoms with Crippen molar-refractivity contribution in [1.82, 2.24) is 19.7 Å². The Hall–Kier alpha value is -2.42. The molecule has 130 valence electrons. The van der Waals surface area contributed by atoms with Gasteiger partial charge in [0.25, 0.3) is 0 Å². The lowest BCUT2D eigenvalue weighted by atomic mass is 10.0. The summed E-state index contributed by atoms with van der Waals surface area (Å²) in [5.41, 5.74) is -0.0559. The summed E-state index contributed by atoms with van der Waals surface area (Å²) < 4.78 is 46.6. The van der Waals surface area contributed by atoms with E-state index >= 15 is 0 Å². The highest BCUT2D eigenvalue weighted by molar-refractivity contribution is 5.77. The van der Waals surface area contributed by atoms with Crippen LogP contribution in [0.4, 0.5) is 13.2 Å². The molecule has 1 aromatic carbocycles. The van der Waals surface area contributed by atoms with E-state index in [9.17, 15) is 18.0 Å². The number of aryl methyl sites for hydroxylation is 1. The van der Waals surface area contributed by atoms with E-state index in [4.69, 9.17) is 4.74 Å². The van der Waals surface area contributed by atoms with Crippen LogP contribution >= 0.6 is 0 Å². The van der Waals surface area contributed by atoms with Gasteiger partial charge in [0.15, 0.2) is 17.5 Å². The van der Waals surface area contributed by atoms with Crippen molar-refractivity contribution in [2.75, 3.05) is 14.2 Å². The van der Waals surface area contributed by atoms with Gasteiger partial charge < -0.3 is 9.30 Å². The quantitative estimate of drug-likeness (QED) is 0.613. The topological polar surface area (TPSA) is 60.2 Å². The number of nitrogens with zero attached hydrogens (tertiary/aromatic N) is 4. The van der Waals surface area contributed by atoms with Gasteiger partial charge in [-0.25, -0.2) is 18.0 Å². The van der Waals surface area contributed by atoms with Gasteiger partial charge in [-0.2, -0.15) is 0 Å². The molecule has 1 heterocycles. The molecule has 2 aromatic rings. The standard InChI is InChI=1S/C15H17F3N4O2/c1-8-19-20-12(22(8)3)7-21(2)14(15(23)24-4)9-5-10(16)13(18)11(17)6-9/h5-6,14H,7H2,1-4H3/t14-/m1/s1. The molecule has 0 aliphatic carbocycles. The van der Waals surface area contributed by atoms with Crippen LogP contribution in [0.5, 0.6) is 0 Å². The minimum Gasteiger partial charge on any atom is -0.468 e. The zero-order valence-corrected chi connectivity index (χ0v) is 13.7. The second-order valence-electron chi connectivity index (χ2n) is 5.36. The fraction of sp³-hybridized carbons (Fsp3) is 0.400. The summed E-state index contributed by atoms with van der Waals surface area (Å²) in [4.78, 5) is 13.6. The van der Waals surface area contributed by atoms with Gasteiger partial charge in [0.1, 0.15) is 17.7 Å². The average molecular weight is 342 g/mol. The zero-order valence-electron chi connectivity index (χ0n) is 13.7.